The van der Waals surface area contributed by atoms with Crippen molar-refractivity contribution >= 4 is 31.9 Å². The van der Waals surface area contributed by atoms with Crippen LogP contribution in [0.5, 0.6) is 5.75 Å². The largest absolute Gasteiger partial charge is 0.494 e. The zero-order valence-corrected chi connectivity index (χ0v) is 14.0. The molecule has 0 heterocycles. The van der Waals surface area contributed by atoms with Gasteiger partial charge in [0.1, 0.15) is 4.90 Å². The number of amides is 1. The van der Waals surface area contributed by atoms with Gasteiger partial charge in [-0.05, 0) is 46.8 Å². The van der Waals surface area contributed by atoms with Crippen molar-refractivity contribution in [1.29, 1.82) is 0 Å². The summed E-state index contributed by atoms with van der Waals surface area (Å²) in [7, 11) is -2.65. The Morgan fingerprint density at radius 1 is 1.48 bits per heavy atom. The summed E-state index contributed by atoms with van der Waals surface area (Å²) < 4.78 is 28.6. The molecule has 1 aliphatic carbocycles. The summed E-state index contributed by atoms with van der Waals surface area (Å²) in [6.45, 7) is 0.604. The normalized spacial score (nSPS) is 15.4. The van der Waals surface area contributed by atoms with E-state index in [2.05, 4.69) is 21.2 Å². The first-order chi connectivity index (χ1) is 9.82. The second-order valence-electron chi connectivity index (χ2n) is 5.04. The van der Waals surface area contributed by atoms with Crippen LogP contribution in [0.4, 0.5) is 0 Å². The number of hydrogen-bond acceptors (Lipinski definition) is 4. The van der Waals surface area contributed by atoms with Crippen molar-refractivity contribution in [2.24, 2.45) is 11.1 Å². The maximum absolute atomic E-state index is 12.1. The molecule has 0 radical (unpaired) electrons. The first-order valence-electron chi connectivity index (χ1n) is 6.51. The van der Waals surface area contributed by atoms with Gasteiger partial charge in [0.25, 0.3) is 5.91 Å². The minimum Gasteiger partial charge on any atom is -0.494 e. The highest BCUT2D eigenvalue weighted by atomic mass is 79.9. The number of primary sulfonamides is 1. The number of benzene rings is 1. The fourth-order valence-electron chi connectivity index (χ4n) is 2.14. The average molecular weight is 377 g/mol. The van der Waals surface area contributed by atoms with Crippen LogP contribution < -0.4 is 15.2 Å². The summed E-state index contributed by atoms with van der Waals surface area (Å²) >= 11 is 3.20. The minimum absolute atomic E-state index is 0.0908. The van der Waals surface area contributed by atoms with Crippen LogP contribution in [0.15, 0.2) is 21.5 Å². The van der Waals surface area contributed by atoms with Crippen LogP contribution in [0.2, 0.25) is 0 Å². The van der Waals surface area contributed by atoms with E-state index in [1.165, 1.54) is 25.7 Å². The maximum Gasteiger partial charge on any atom is 0.251 e. The van der Waals surface area contributed by atoms with Gasteiger partial charge >= 0.3 is 0 Å². The molecule has 6 nitrogen and oxygen atoms in total. The lowest BCUT2D eigenvalue weighted by atomic mass is 9.85. The average Bonchev–Trinajstić information content (AvgIpc) is 2.34. The Balaban J connectivity index is 2.27. The van der Waals surface area contributed by atoms with Crippen LogP contribution in [0, 0.1) is 5.92 Å². The maximum atomic E-state index is 12.1. The van der Waals surface area contributed by atoms with Crippen LogP contribution in [0.1, 0.15) is 29.6 Å². The molecule has 1 aliphatic rings. The number of sulfonamides is 1. The molecule has 0 aliphatic heterocycles. The molecular formula is C13H17BrN2O4S. The van der Waals surface area contributed by atoms with Crippen molar-refractivity contribution in [3.05, 3.63) is 22.2 Å². The molecule has 0 spiro atoms. The number of carbonyl (C=O) groups excluding carboxylic acids is 1. The van der Waals surface area contributed by atoms with Crippen molar-refractivity contribution in [3.8, 4) is 5.75 Å². The van der Waals surface area contributed by atoms with E-state index in [1.54, 1.807) is 0 Å². The van der Waals surface area contributed by atoms with E-state index in [0.717, 1.165) is 12.8 Å². The van der Waals surface area contributed by atoms with Crippen molar-refractivity contribution in [1.82, 2.24) is 5.32 Å². The fraction of sp³-hybridized carbons (Fsp3) is 0.462. The smallest absolute Gasteiger partial charge is 0.251 e. The Labute approximate surface area is 132 Å². The van der Waals surface area contributed by atoms with Crippen molar-refractivity contribution in [2.75, 3.05) is 13.7 Å². The van der Waals surface area contributed by atoms with E-state index in [1.807, 2.05) is 0 Å². The fourth-order valence-corrected chi connectivity index (χ4v) is 3.64. The van der Waals surface area contributed by atoms with Crippen LogP contribution in [-0.2, 0) is 10.0 Å². The Kier molecular flexibility index (Phi) is 4.90. The van der Waals surface area contributed by atoms with Gasteiger partial charge in [-0.15, -0.1) is 0 Å². The van der Waals surface area contributed by atoms with Gasteiger partial charge in [0.05, 0.1) is 11.6 Å². The number of ether oxygens (including phenoxy) is 1. The van der Waals surface area contributed by atoms with E-state index in [0.29, 0.717) is 16.9 Å². The summed E-state index contributed by atoms with van der Waals surface area (Å²) in [5.41, 5.74) is 0.228. The molecule has 1 saturated carbocycles. The third kappa shape index (κ3) is 3.75. The van der Waals surface area contributed by atoms with Crippen molar-refractivity contribution in [2.45, 2.75) is 24.2 Å². The highest BCUT2D eigenvalue weighted by Crippen LogP contribution is 2.33. The molecule has 8 heteroatoms. The highest BCUT2D eigenvalue weighted by Gasteiger charge is 2.22. The first kappa shape index (κ1) is 16.3. The quantitative estimate of drug-likeness (QED) is 0.815. The zero-order valence-electron chi connectivity index (χ0n) is 11.6. The van der Waals surface area contributed by atoms with E-state index < -0.39 is 10.0 Å². The van der Waals surface area contributed by atoms with Crippen molar-refractivity contribution in [3.63, 3.8) is 0 Å². The number of nitrogens with two attached hydrogens (primary N) is 1. The predicted molar refractivity (Wildman–Crippen MR) is 81.7 cm³/mol. The second kappa shape index (κ2) is 6.33. The minimum atomic E-state index is -3.98. The zero-order chi connectivity index (χ0) is 15.6. The molecule has 0 aromatic heterocycles. The molecule has 0 atom stereocenters. The molecular weight excluding hydrogens is 360 g/mol. The molecule has 116 valence electrons. The molecule has 1 fully saturated rings. The van der Waals surface area contributed by atoms with Crippen molar-refractivity contribution < 1.29 is 17.9 Å². The number of rotatable bonds is 5. The van der Waals surface area contributed by atoms with E-state index in [9.17, 15) is 13.2 Å². The standard InChI is InChI=1S/C13H17BrN2O4S/c1-20-12-10(14)5-9(6-11(12)21(15,18)19)13(17)16-7-8-3-2-4-8/h5-6,8H,2-4,7H2,1H3,(H,16,17)(H2,15,18,19). The topological polar surface area (TPSA) is 98.5 Å². The molecule has 21 heavy (non-hydrogen) atoms. The Morgan fingerprint density at radius 3 is 2.62 bits per heavy atom. The van der Waals surface area contributed by atoms with Gasteiger partial charge in [0, 0.05) is 12.1 Å². The number of carbonyl (C=O) groups is 1. The second-order valence-corrected chi connectivity index (χ2v) is 7.43. The molecule has 1 amide bonds. The number of halogens is 1. The monoisotopic (exact) mass is 376 g/mol. The van der Waals surface area contributed by atoms with Crippen LogP contribution in [0.25, 0.3) is 0 Å². The van der Waals surface area contributed by atoms with E-state index >= 15 is 0 Å². The Hall–Kier alpha value is -1.12. The van der Waals surface area contributed by atoms with Gasteiger partial charge in [-0.2, -0.15) is 0 Å². The lowest BCUT2D eigenvalue weighted by Crippen LogP contribution is -2.32. The van der Waals surface area contributed by atoms with Gasteiger partial charge in [-0.25, -0.2) is 13.6 Å². The molecule has 1 aromatic rings. The highest BCUT2D eigenvalue weighted by molar-refractivity contribution is 9.10. The number of methoxy groups -OCH3 is 1. The van der Waals surface area contributed by atoms with E-state index in [4.69, 9.17) is 9.88 Å². The molecule has 2 rings (SSSR count). The molecule has 0 bridgehead atoms. The summed E-state index contributed by atoms with van der Waals surface area (Å²) in [4.78, 5) is 11.9. The van der Waals surface area contributed by atoms with Crippen LogP contribution in [-0.4, -0.2) is 28.0 Å². The van der Waals surface area contributed by atoms with E-state index in [-0.39, 0.29) is 22.1 Å². The van der Waals surface area contributed by atoms with Crippen LogP contribution in [0.3, 0.4) is 0 Å². The third-order valence-corrected chi connectivity index (χ3v) is 5.06. The van der Waals surface area contributed by atoms with Crippen LogP contribution >= 0.6 is 15.9 Å². The van der Waals surface area contributed by atoms with Gasteiger partial charge in [-0.3, -0.25) is 4.79 Å². The SMILES string of the molecule is COc1c(Br)cc(C(=O)NCC2CCC2)cc1S(N)(=O)=O. The molecule has 3 N–H and O–H groups in total. The Bertz CT molecular complexity index is 656. The van der Waals surface area contributed by atoms with Gasteiger partial charge in [-0.1, -0.05) is 6.42 Å². The lowest BCUT2D eigenvalue weighted by Gasteiger charge is -2.25. The van der Waals surface area contributed by atoms with Gasteiger partial charge in [0.15, 0.2) is 5.75 Å². The summed E-state index contributed by atoms with van der Waals surface area (Å²) in [5, 5.41) is 7.97. The third-order valence-electron chi connectivity index (χ3n) is 3.56. The first-order valence-corrected chi connectivity index (χ1v) is 8.85. The molecule has 0 unspecified atom stereocenters. The van der Waals surface area contributed by atoms with Gasteiger partial charge < -0.3 is 10.1 Å². The summed E-state index contributed by atoms with van der Waals surface area (Å²) in [5.74, 6) is 0.288. The molecule has 1 aromatic carbocycles. The lowest BCUT2D eigenvalue weighted by molar-refractivity contribution is 0.0938. The number of nitrogens with one attached hydrogen (secondary N) is 1. The Morgan fingerprint density at radius 2 is 2.14 bits per heavy atom. The van der Waals surface area contributed by atoms with Gasteiger partial charge in [0.2, 0.25) is 10.0 Å². The summed E-state index contributed by atoms with van der Waals surface area (Å²) in [6, 6.07) is 2.75. The number of hydrogen-bond donors (Lipinski definition) is 2. The predicted octanol–water partition coefficient (Wildman–Crippen LogP) is 1.64. The summed E-state index contributed by atoms with van der Waals surface area (Å²) in [6.07, 6.45) is 3.44. The molecule has 0 saturated heterocycles.